The predicted octanol–water partition coefficient (Wildman–Crippen LogP) is 4.07. The highest BCUT2D eigenvalue weighted by atomic mass is 32.1. The van der Waals surface area contributed by atoms with Crippen molar-refractivity contribution in [2.75, 3.05) is 12.3 Å². The van der Waals surface area contributed by atoms with E-state index >= 15 is 0 Å². The zero-order valence-electron chi connectivity index (χ0n) is 17.4. The molecule has 6 rings (SSSR count). The molecule has 160 valence electrons. The molecule has 1 fully saturated rings. The lowest BCUT2D eigenvalue weighted by molar-refractivity contribution is -0.125. The Hall–Kier alpha value is -3.59. The van der Waals surface area contributed by atoms with Crippen LogP contribution in [0.4, 0.5) is 5.82 Å². The van der Waals surface area contributed by atoms with Crippen molar-refractivity contribution < 1.29 is 4.79 Å². The summed E-state index contributed by atoms with van der Waals surface area (Å²) in [5.74, 6) is 0.673. The second kappa shape index (κ2) is 7.23. The number of nitrogens with zero attached hydrogens (tertiary/aromatic N) is 6. The van der Waals surface area contributed by atoms with Crippen LogP contribution in [0.25, 0.3) is 38.2 Å². The summed E-state index contributed by atoms with van der Waals surface area (Å²) >= 11 is 1.59. The maximum atomic E-state index is 12.6. The number of aromatic nitrogens is 5. The molecule has 8 nitrogen and oxygen atoms in total. The quantitative estimate of drug-likeness (QED) is 0.479. The van der Waals surface area contributed by atoms with Gasteiger partial charge in [-0.25, -0.2) is 19.6 Å². The van der Waals surface area contributed by atoms with Gasteiger partial charge in [-0.1, -0.05) is 12.6 Å². The molecule has 0 bridgehead atoms. The largest absolute Gasteiger partial charge is 0.383 e. The van der Waals surface area contributed by atoms with Crippen LogP contribution in [0.15, 0.2) is 48.4 Å². The highest BCUT2D eigenvalue weighted by molar-refractivity contribution is 7.16. The van der Waals surface area contributed by atoms with Crippen molar-refractivity contribution in [1.29, 1.82) is 0 Å². The van der Waals surface area contributed by atoms with Crippen molar-refractivity contribution in [2.24, 2.45) is 5.92 Å². The fourth-order valence-corrected chi connectivity index (χ4v) is 5.72. The average molecular weight is 444 g/mol. The predicted molar refractivity (Wildman–Crippen MR) is 125 cm³/mol. The van der Waals surface area contributed by atoms with E-state index in [1.807, 2.05) is 27.2 Å². The van der Waals surface area contributed by atoms with Gasteiger partial charge in [0.2, 0.25) is 5.91 Å². The van der Waals surface area contributed by atoms with Crippen LogP contribution in [0, 0.1) is 5.92 Å². The summed E-state index contributed by atoms with van der Waals surface area (Å²) in [5.41, 5.74) is 13.5. The zero-order chi connectivity index (χ0) is 21.8. The first-order valence-corrected chi connectivity index (χ1v) is 11.5. The third-order valence-electron chi connectivity index (χ3n) is 6.43. The lowest BCUT2D eigenvalue weighted by Gasteiger charge is -2.33. The number of nitrogen functional groups attached to an aromatic ring is 1. The van der Waals surface area contributed by atoms with Gasteiger partial charge in [-0.3, -0.25) is 4.79 Å². The molecule has 4 heterocycles. The summed E-state index contributed by atoms with van der Waals surface area (Å²) in [6, 6.07) is 6.07. The Balaban J connectivity index is 1.60. The minimum absolute atomic E-state index is 0.0643. The van der Waals surface area contributed by atoms with Crippen LogP contribution in [0.2, 0.25) is 0 Å². The molecule has 1 saturated heterocycles. The Bertz CT molecular complexity index is 1430. The number of likely N-dealkylation sites (tertiary alicyclic amines) is 1. The normalized spacial score (nSPS) is 18.5. The van der Waals surface area contributed by atoms with Crippen LogP contribution in [-0.2, 0) is 4.79 Å². The number of carbonyl (C=O) groups excluding carboxylic acids is 1. The van der Waals surface area contributed by atoms with E-state index in [1.54, 1.807) is 11.3 Å². The molecule has 1 atom stereocenters. The van der Waals surface area contributed by atoms with Crippen molar-refractivity contribution >= 4 is 50.0 Å². The molecule has 2 N–H and O–H groups in total. The summed E-state index contributed by atoms with van der Waals surface area (Å²) < 4.78 is 2.96. The summed E-state index contributed by atoms with van der Waals surface area (Å²) in [4.78, 5) is 27.6. The molecular weight excluding hydrogens is 422 g/mol. The van der Waals surface area contributed by atoms with E-state index in [4.69, 9.17) is 10.8 Å². The molecule has 3 aromatic heterocycles. The van der Waals surface area contributed by atoms with Crippen molar-refractivity contribution in [2.45, 2.75) is 25.7 Å². The van der Waals surface area contributed by atoms with Crippen LogP contribution < -0.4 is 5.73 Å². The second-order valence-electron chi connectivity index (χ2n) is 8.16. The number of carbonyl (C=O) groups is 1. The number of hydrogen-bond donors (Lipinski definition) is 1. The average Bonchev–Trinajstić information content (AvgIpc) is 3.54. The Labute approximate surface area is 188 Å². The topological polar surface area (TPSA) is 103 Å². The third kappa shape index (κ3) is 2.77. The first-order valence-electron chi connectivity index (χ1n) is 10.7. The molecule has 4 aromatic rings. The van der Waals surface area contributed by atoms with Crippen molar-refractivity contribution in [3.8, 4) is 11.3 Å². The molecule has 9 heteroatoms. The Morgan fingerprint density at radius 2 is 2.16 bits per heavy atom. The smallest absolute Gasteiger partial charge is 0.250 e. The highest BCUT2D eigenvalue weighted by Crippen LogP contribution is 2.44. The van der Waals surface area contributed by atoms with Gasteiger partial charge in [-0.2, -0.15) is 5.10 Å². The van der Waals surface area contributed by atoms with E-state index < -0.39 is 0 Å². The second-order valence-corrected chi connectivity index (χ2v) is 9.04. The number of piperidine rings is 1. The lowest BCUT2D eigenvalue weighted by Crippen LogP contribution is -2.36. The molecule has 0 spiro atoms. The highest BCUT2D eigenvalue weighted by Gasteiger charge is 2.37. The molecule has 0 radical (unpaired) electrons. The number of benzene rings is 1. The fourth-order valence-electron chi connectivity index (χ4n) is 5.01. The molecule has 0 saturated carbocycles. The van der Waals surface area contributed by atoms with Gasteiger partial charge in [0.05, 0.1) is 26.8 Å². The first kappa shape index (κ1) is 19.1. The number of fused-ring (bicyclic) bond motifs is 3. The minimum atomic E-state index is -0.0643. The molecule has 1 aliphatic carbocycles. The lowest BCUT2D eigenvalue weighted by atomic mass is 9.95. The van der Waals surface area contributed by atoms with E-state index in [0.29, 0.717) is 23.9 Å². The Kier molecular flexibility index (Phi) is 4.32. The van der Waals surface area contributed by atoms with Crippen LogP contribution in [0.5, 0.6) is 0 Å². The van der Waals surface area contributed by atoms with Crippen LogP contribution in [0.1, 0.15) is 25.7 Å². The third-order valence-corrected chi connectivity index (χ3v) is 7.22. The number of hydrogen-bond acceptors (Lipinski definition) is 7. The summed E-state index contributed by atoms with van der Waals surface area (Å²) in [7, 11) is 0. The molecule has 2 aliphatic rings. The van der Waals surface area contributed by atoms with E-state index in [1.165, 1.54) is 12.4 Å². The molecule has 1 aliphatic heterocycles. The van der Waals surface area contributed by atoms with Gasteiger partial charge < -0.3 is 10.6 Å². The van der Waals surface area contributed by atoms with Crippen LogP contribution >= 0.6 is 11.3 Å². The van der Waals surface area contributed by atoms with Crippen LogP contribution in [0.3, 0.4) is 0 Å². The number of anilines is 1. The van der Waals surface area contributed by atoms with Crippen LogP contribution in [-0.4, -0.2) is 42.1 Å². The van der Waals surface area contributed by atoms with Gasteiger partial charge in [0.25, 0.3) is 0 Å². The van der Waals surface area contributed by atoms with Gasteiger partial charge in [0.1, 0.15) is 17.8 Å². The molecule has 1 unspecified atom stereocenters. The molecule has 32 heavy (non-hydrogen) atoms. The van der Waals surface area contributed by atoms with Crippen molar-refractivity contribution in [3.63, 3.8) is 0 Å². The number of nitrogens with two attached hydrogens (primary N) is 1. The van der Waals surface area contributed by atoms with E-state index in [9.17, 15) is 4.79 Å². The fraction of sp³-hybridized carbons (Fsp3) is 0.261. The van der Waals surface area contributed by atoms with Gasteiger partial charge in [-0.05, 0) is 43.9 Å². The Morgan fingerprint density at radius 1 is 1.25 bits per heavy atom. The molecule has 1 aromatic carbocycles. The summed E-state index contributed by atoms with van der Waals surface area (Å²) in [6.07, 6.45) is 6.76. The van der Waals surface area contributed by atoms with E-state index in [2.05, 4.69) is 27.6 Å². The molecular formula is C23H21N7OS. The summed E-state index contributed by atoms with van der Waals surface area (Å²) in [6.45, 7) is 4.40. The number of rotatable bonds is 3. The SMILES string of the molecule is C=CC(=O)N1CCCC2CCC(n3nc(-c4ccc5ncsc5c4)c4c(N)ncnc43)=C21. The Morgan fingerprint density at radius 3 is 3.03 bits per heavy atom. The number of thiazole rings is 1. The summed E-state index contributed by atoms with van der Waals surface area (Å²) in [5, 5.41) is 5.73. The van der Waals surface area contributed by atoms with Gasteiger partial charge in [0.15, 0.2) is 5.65 Å². The van der Waals surface area contributed by atoms with Gasteiger partial charge in [-0.15, -0.1) is 11.3 Å². The zero-order valence-corrected chi connectivity index (χ0v) is 18.2. The van der Waals surface area contributed by atoms with Crippen molar-refractivity contribution in [3.05, 3.63) is 48.4 Å². The molecule has 1 amide bonds. The monoisotopic (exact) mass is 443 g/mol. The first-order chi connectivity index (χ1) is 15.7. The van der Waals surface area contributed by atoms with Gasteiger partial charge >= 0.3 is 0 Å². The number of amides is 1. The van der Waals surface area contributed by atoms with Gasteiger partial charge in [0, 0.05) is 23.7 Å². The maximum absolute atomic E-state index is 12.6. The van der Waals surface area contributed by atoms with E-state index in [-0.39, 0.29) is 5.91 Å². The van der Waals surface area contributed by atoms with E-state index in [0.717, 1.165) is 63.9 Å². The standard InChI is InChI=1S/C23H21N7OS/c1-2-18(31)29-9-3-4-13-6-8-16(21(13)29)30-23-19(22(24)25-11-26-23)20(28-30)14-5-7-15-17(10-14)32-12-27-15/h2,5,7,10-13H,1,3-4,6,8-9H2,(H2,24,25,26). The minimum Gasteiger partial charge on any atom is -0.383 e. The number of allylic oxidation sites excluding steroid dienone is 2. The van der Waals surface area contributed by atoms with Crippen molar-refractivity contribution in [1.82, 2.24) is 29.6 Å². The maximum Gasteiger partial charge on any atom is 0.250 e.